The first kappa shape index (κ1) is 23.6. The van der Waals surface area contributed by atoms with Crippen LogP contribution < -0.4 is 37.9 Å². The number of rotatable bonds is 9. The van der Waals surface area contributed by atoms with Crippen LogP contribution in [0.5, 0.6) is 0 Å². The normalized spacial score (nSPS) is 18.2. The van der Waals surface area contributed by atoms with E-state index in [1.165, 1.54) is 0 Å². The molecule has 1 aromatic rings. The number of aromatic amines is 1. The van der Waals surface area contributed by atoms with Crippen molar-refractivity contribution >= 4 is 35.2 Å². The molecule has 2 amide bonds. The molecule has 0 aromatic carbocycles. The number of aliphatic carboxylic acids is 1. The van der Waals surface area contributed by atoms with Crippen molar-refractivity contribution in [2.45, 2.75) is 38.1 Å². The SMILES string of the molecule is CN1C(CNC2=CCC(C(=O)N[C@@H](CCC(N)=O)C(=O)O)CC2)=CNc2nc(N)[nH]c(=O)c21. The van der Waals surface area contributed by atoms with Gasteiger partial charge in [0, 0.05) is 31.3 Å². The first-order valence-electron chi connectivity index (χ1n) is 10.5. The molecule has 13 nitrogen and oxygen atoms in total. The molecule has 2 aliphatic rings. The maximum Gasteiger partial charge on any atom is 0.326 e. The van der Waals surface area contributed by atoms with E-state index in [1.807, 2.05) is 6.08 Å². The average Bonchev–Trinajstić information content (AvgIpc) is 2.75. The van der Waals surface area contributed by atoms with Crippen LogP contribution in [-0.4, -0.2) is 52.5 Å². The number of nitrogen functional groups attached to an aromatic ring is 1. The summed E-state index contributed by atoms with van der Waals surface area (Å²) < 4.78 is 0. The topological polar surface area (TPSA) is 209 Å². The summed E-state index contributed by atoms with van der Waals surface area (Å²) in [7, 11) is 1.76. The minimum Gasteiger partial charge on any atom is -0.480 e. The van der Waals surface area contributed by atoms with Crippen molar-refractivity contribution < 1.29 is 19.5 Å². The van der Waals surface area contributed by atoms with Crippen LogP contribution >= 0.6 is 0 Å². The molecule has 0 fully saturated rings. The molecule has 0 saturated heterocycles. The zero-order chi connectivity index (χ0) is 24.1. The van der Waals surface area contributed by atoms with Crippen LogP contribution in [0.3, 0.4) is 0 Å². The number of anilines is 3. The largest absolute Gasteiger partial charge is 0.480 e. The lowest BCUT2D eigenvalue weighted by molar-refractivity contribution is -0.142. The molecule has 3 rings (SSSR count). The van der Waals surface area contributed by atoms with Gasteiger partial charge in [0.2, 0.25) is 17.8 Å². The second kappa shape index (κ2) is 10.1. The van der Waals surface area contributed by atoms with E-state index >= 15 is 0 Å². The molecular weight excluding hydrogens is 432 g/mol. The van der Waals surface area contributed by atoms with Crippen molar-refractivity contribution in [2.24, 2.45) is 11.7 Å². The van der Waals surface area contributed by atoms with Crippen molar-refractivity contribution in [3.05, 3.63) is 34.0 Å². The number of carboxylic acid groups (broad SMARTS) is 1. The molecule has 1 unspecified atom stereocenters. The van der Waals surface area contributed by atoms with Gasteiger partial charge in [0.1, 0.15) is 6.04 Å². The second-order valence-electron chi connectivity index (χ2n) is 7.95. The molecule has 2 atom stereocenters. The molecule has 0 bridgehead atoms. The monoisotopic (exact) mass is 460 g/mol. The molecule has 2 heterocycles. The number of primary amides is 1. The van der Waals surface area contributed by atoms with Crippen LogP contribution in [-0.2, 0) is 14.4 Å². The Morgan fingerprint density at radius 3 is 2.79 bits per heavy atom. The van der Waals surface area contributed by atoms with Crippen LogP contribution in [0.1, 0.15) is 32.1 Å². The lowest BCUT2D eigenvalue weighted by Crippen LogP contribution is -2.44. The number of amides is 2. The smallest absolute Gasteiger partial charge is 0.326 e. The Hall–Kier alpha value is -4.03. The summed E-state index contributed by atoms with van der Waals surface area (Å²) in [5.41, 5.74) is 12.4. The highest BCUT2D eigenvalue weighted by Crippen LogP contribution is 2.27. The van der Waals surface area contributed by atoms with Gasteiger partial charge in [0.25, 0.3) is 5.56 Å². The third-order valence-electron chi connectivity index (χ3n) is 5.63. The molecule has 33 heavy (non-hydrogen) atoms. The number of likely N-dealkylation sites (N-methyl/N-ethyl adjacent to an activating group) is 1. The summed E-state index contributed by atoms with van der Waals surface area (Å²) in [6, 6.07) is -1.15. The highest BCUT2D eigenvalue weighted by Gasteiger charge is 2.27. The number of carboxylic acids is 1. The van der Waals surface area contributed by atoms with Gasteiger partial charge in [-0.3, -0.25) is 19.4 Å². The van der Waals surface area contributed by atoms with E-state index in [0.29, 0.717) is 37.3 Å². The quantitative estimate of drug-likeness (QED) is 0.243. The summed E-state index contributed by atoms with van der Waals surface area (Å²) >= 11 is 0. The van der Waals surface area contributed by atoms with E-state index in [9.17, 15) is 24.3 Å². The zero-order valence-electron chi connectivity index (χ0n) is 18.2. The van der Waals surface area contributed by atoms with Crippen molar-refractivity contribution in [3.8, 4) is 0 Å². The lowest BCUT2D eigenvalue weighted by Gasteiger charge is -2.29. The number of hydrogen-bond donors (Lipinski definition) is 7. The Labute approximate surface area is 189 Å². The Morgan fingerprint density at radius 2 is 2.15 bits per heavy atom. The first-order chi connectivity index (χ1) is 15.7. The second-order valence-corrected chi connectivity index (χ2v) is 7.95. The Kier molecular flexibility index (Phi) is 7.20. The lowest BCUT2D eigenvalue weighted by atomic mass is 9.91. The van der Waals surface area contributed by atoms with Gasteiger partial charge in [-0.05, 0) is 25.7 Å². The summed E-state index contributed by atoms with van der Waals surface area (Å²) in [5.74, 6) is -2.12. The van der Waals surface area contributed by atoms with Gasteiger partial charge in [-0.2, -0.15) is 4.98 Å². The number of carbonyl (C=O) groups is 3. The molecule has 1 aliphatic heterocycles. The molecule has 0 radical (unpaired) electrons. The van der Waals surface area contributed by atoms with E-state index in [0.717, 1.165) is 11.4 Å². The minimum absolute atomic E-state index is 0.0307. The number of nitrogens with two attached hydrogens (primary N) is 2. The van der Waals surface area contributed by atoms with Crippen LogP contribution in [0.15, 0.2) is 28.5 Å². The summed E-state index contributed by atoms with van der Waals surface area (Å²) in [5, 5.41) is 18.0. The fourth-order valence-corrected chi connectivity index (χ4v) is 3.73. The molecule has 1 aliphatic carbocycles. The number of fused-ring (bicyclic) bond motifs is 1. The maximum absolute atomic E-state index is 12.5. The van der Waals surface area contributed by atoms with Crippen LogP contribution in [0.25, 0.3) is 0 Å². The van der Waals surface area contributed by atoms with Crippen LogP contribution in [0, 0.1) is 5.92 Å². The number of allylic oxidation sites excluding steroid dienone is 2. The third-order valence-corrected chi connectivity index (χ3v) is 5.63. The molecule has 0 spiro atoms. The number of nitrogens with one attached hydrogen (secondary N) is 4. The van der Waals surface area contributed by atoms with Gasteiger partial charge in [0.15, 0.2) is 11.5 Å². The van der Waals surface area contributed by atoms with Gasteiger partial charge in [-0.1, -0.05) is 6.08 Å². The van der Waals surface area contributed by atoms with E-state index in [4.69, 9.17) is 11.5 Å². The Balaban J connectivity index is 1.53. The number of aromatic nitrogens is 2. The van der Waals surface area contributed by atoms with Gasteiger partial charge >= 0.3 is 5.97 Å². The van der Waals surface area contributed by atoms with Crippen molar-refractivity contribution in [1.82, 2.24) is 20.6 Å². The van der Waals surface area contributed by atoms with Crippen molar-refractivity contribution in [2.75, 3.05) is 29.5 Å². The molecule has 0 saturated carbocycles. The molecule has 178 valence electrons. The minimum atomic E-state index is -1.20. The van der Waals surface area contributed by atoms with E-state index in [-0.39, 0.29) is 36.2 Å². The maximum atomic E-state index is 12.5. The average molecular weight is 460 g/mol. The summed E-state index contributed by atoms with van der Waals surface area (Å²) in [6.45, 7) is 0.434. The summed E-state index contributed by atoms with van der Waals surface area (Å²) in [4.78, 5) is 55.2. The Bertz CT molecular complexity index is 1060. The highest BCUT2D eigenvalue weighted by atomic mass is 16.4. The number of nitrogens with zero attached hydrogens (tertiary/aromatic N) is 2. The standard InChI is InChI=1S/C20H28N8O5/c1-28-12(9-24-16-15(28)18(31)27-20(22)26-16)8-23-11-4-2-10(3-5-11)17(30)25-13(19(32)33)6-7-14(21)29/h4,9-10,13,23H,2-3,5-8H2,1H3,(H2,21,29)(H,25,30)(H,32,33)(H4,22,24,26,27,31)/t10?,13-/m0/s1. The number of H-pyrrole nitrogens is 1. The van der Waals surface area contributed by atoms with Gasteiger partial charge in [-0.15, -0.1) is 0 Å². The number of hydrogen-bond acceptors (Lipinski definition) is 9. The summed E-state index contributed by atoms with van der Waals surface area (Å²) in [6.07, 6.45) is 5.09. The molecule has 9 N–H and O–H groups in total. The molecular formula is C20H28N8O5. The molecule has 1 aromatic heterocycles. The van der Waals surface area contributed by atoms with E-state index in [2.05, 4.69) is 25.9 Å². The van der Waals surface area contributed by atoms with Crippen molar-refractivity contribution in [1.29, 1.82) is 0 Å². The zero-order valence-corrected chi connectivity index (χ0v) is 18.2. The fraction of sp³-hybridized carbons (Fsp3) is 0.450. The highest BCUT2D eigenvalue weighted by molar-refractivity contribution is 5.85. The van der Waals surface area contributed by atoms with Gasteiger partial charge in [-0.25, -0.2) is 4.79 Å². The van der Waals surface area contributed by atoms with E-state index in [1.54, 1.807) is 18.1 Å². The fourth-order valence-electron chi connectivity index (χ4n) is 3.73. The van der Waals surface area contributed by atoms with Crippen molar-refractivity contribution in [3.63, 3.8) is 0 Å². The van der Waals surface area contributed by atoms with Gasteiger partial charge in [0.05, 0.1) is 12.2 Å². The Morgan fingerprint density at radius 1 is 1.39 bits per heavy atom. The predicted molar refractivity (Wildman–Crippen MR) is 121 cm³/mol. The number of carbonyl (C=O) groups excluding carboxylic acids is 2. The third kappa shape index (κ3) is 5.81. The van der Waals surface area contributed by atoms with Crippen LogP contribution in [0.4, 0.5) is 17.5 Å². The van der Waals surface area contributed by atoms with Gasteiger partial charge < -0.3 is 37.4 Å². The first-order valence-corrected chi connectivity index (χ1v) is 10.5. The molecule has 13 heteroatoms. The van der Waals surface area contributed by atoms with E-state index < -0.39 is 17.9 Å². The predicted octanol–water partition coefficient (Wildman–Crippen LogP) is -0.836. The van der Waals surface area contributed by atoms with Crippen LogP contribution in [0.2, 0.25) is 0 Å².